The van der Waals surface area contributed by atoms with Crippen molar-refractivity contribution in [3.05, 3.63) is 58.1 Å². The number of ether oxygens (including phenoxy) is 1. The topological polar surface area (TPSA) is 72.3 Å². The van der Waals surface area contributed by atoms with Gasteiger partial charge in [0.2, 0.25) is 0 Å². The SMILES string of the molecule is O=C(Nc1nc(CN2CCOCC2)cs1)c1nn(-c2ccccc2F)c2c1CCC2. The quantitative estimate of drug-likeness (QED) is 0.678. The van der Waals surface area contributed by atoms with Crippen LogP contribution in [0.3, 0.4) is 0 Å². The van der Waals surface area contributed by atoms with Crippen LogP contribution in [-0.2, 0) is 24.1 Å². The summed E-state index contributed by atoms with van der Waals surface area (Å²) in [5.74, 6) is -0.648. The van der Waals surface area contributed by atoms with Gasteiger partial charge in [-0.25, -0.2) is 14.1 Å². The van der Waals surface area contributed by atoms with Crippen molar-refractivity contribution in [2.75, 3.05) is 31.6 Å². The van der Waals surface area contributed by atoms with Gasteiger partial charge in [0.05, 0.1) is 18.9 Å². The highest BCUT2D eigenvalue weighted by atomic mass is 32.1. The first-order valence-electron chi connectivity index (χ1n) is 10.1. The number of thiazole rings is 1. The van der Waals surface area contributed by atoms with Crippen molar-refractivity contribution in [1.29, 1.82) is 0 Å². The van der Waals surface area contributed by atoms with Crippen LogP contribution in [0.1, 0.15) is 33.9 Å². The fourth-order valence-corrected chi connectivity index (χ4v) is 4.72. The summed E-state index contributed by atoms with van der Waals surface area (Å²) in [5.41, 5.74) is 3.48. The molecule has 1 amide bonds. The number of halogens is 1. The summed E-state index contributed by atoms with van der Waals surface area (Å²) in [6, 6.07) is 6.50. The third-order valence-electron chi connectivity index (χ3n) is 5.49. The molecule has 5 rings (SSSR count). The zero-order chi connectivity index (χ0) is 20.5. The summed E-state index contributed by atoms with van der Waals surface area (Å²) < 4.78 is 21.3. The van der Waals surface area contributed by atoms with Crippen LogP contribution >= 0.6 is 11.3 Å². The first kappa shape index (κ1) is 19.3. The van der Waals surface area contributed by atoms with Crippen molar-refractivity contribution < 1.29 is 13.9 Å². The van der Waals surface area contributed by atoms with Gasteiger partial charge in [-0.2, -0.15) is 5.10 Å². The van der Waals surface area contributed by atoms with E-state index >= 15 is 0 Å². The van der Waals surface area contributed by atoms with Gasteiger partial charge < -0.3 is 4.74 Å². The standard InChI is InChI=1S/C21H22FN5O2S/c22-16-5-1-2-6-18(16)27-17-7-3-4-15(17)19(25-27)20(28)24-21-23-14(13-30-21)12-26-8-10-29-11-9-26/h1-2,5-6,13H,3-4,7-12H2,(H,23,24,28). The number of hydrogen-bond donors (Lipinski definition) is 1. The number of aromatic nitrogens is 3. The Labute approximate surface area is 177 Å². The molecule has 0 unspecified atom stereocenters. The molecule has 1 fully saturated rings. The molecule has 156 valence electrons. The van der Waals surface area contributed by atoms with E-state index in [9.17, 15) is 9.18 Å². The van der Waals surface area contributed by atoms with Crippen molar-refractivity contribution in [3.8, 4) is 5.69 Å². The fourth-order valence-electron chi connectivity index (χ4n) is 4.02. The Morgan fingerprint density at radius 2 is 2.07 bits per heavy atom. The predicted octanol–water partition coefficient (Wildman–Crippen LogP) is 3.04. The van der Waals surface area contributed by atoms with E-state index in [4.69, 9.17) is 4.74 Å². The lowest BCUT2D eigenvalue weighted by Crippen LogP contribution is -2.35. The van der Waals surface area contributed by atoms with Gasteiger partial charge >= 0.3 is 0 Å². The number of carbonyl (C=O) groups is 1. The third-order valence-corrected chi connectivity index (χ3v) is 6.29. The first-order chi connectivity index (χ1) is 14.7. The molecule has 1 N–H and O–H groups in total. The van der Waals surface area contributed by atoms with Gasteiger partial charge in [0.25, 0.3) is 5.91 Å². The van der Waals surface area contributed by atoms with Crippen LogP contribution in [0.5, 0.6) is 0 Å². The minimum Gasteiger partial charge on any atom is -0.379 e. The molecule has 2 aliphatic rings. The first-order valence-corrected chi connectivity index (χ1v) is 11.0. The normalized spacial score (nSPS) is 16.6. The molecular formula is C21H22FN5O2S. The van der Waals surface area contributed by atoms with E-state index in [1.54, 1.807) is 22.9 Å². The number of fused-ring (bicyclic) bond motifs is 1. The zero-order valence-corrected chi connectivity index (χ0v) is 17.3. The van der Waals surface area contributed by atoms with Crippen molar-refractivity contribution in [2.45, 2.75) is 25.8 Å². The van der Waals surface area contributed by atoms with Gasteiger partial charge in [-0.3, -0.25) is 15.0 Å². The highest BCUT2D eigenvalue weighted by Crippen LogP contribution is 2.29. The molecule has 0 saturated carbocycles. The predicted molar refractivity (Wildman–Crippen MR) is 112 cm³/mol. The van der Waals surface area contributed by atoms with Gasteiger partial charge in [-0.15, -0.1) is 11.3 Å². The Hall–Kier alpha value is -2.62. The van der Waals surface area contributed by atoms with Crippen LogP contribution in [0.2, 0.25) is 0 Å². The van der Waals surface area contributed by atoms with Crippen molar-refractivity contribution in [2.24, 2.45) is 0 Å². The van der Waals surface area contributed by atoms with E-state index in [0.29, 0.717) is 16.5 Å². The van der Waals surface area contributed by atoms with Gasteiger partial charge in [0, 0.05) is 36.3 Å². The molecule has 0 radical (unpaired) electrons. The van der Waals surface area contributed by atoms with Crippen molar-refractivity contribution >= 4 is 22.4 Å². The molecule has 3 aromatic rings. The second-order valence-electron chi connectivity index (χ2n) is 7.48. The monoisotopic (exact) mass is 427 g/mol. The van der Waals surface area contributed by atoms with Crippen LogP contribution in [0.15, 0.2) is 29.6 Å². The zero-order valence-electron chi connectivity index (χ0n) is 16.4. The van der Waals surface area contributed by atoms with Crippen LogP contribution in [0.25, 0.3) is 5.69 Å². The highest BCUT2D eigenvalue weighted by Gasteiger charge is 2.28. The smallest absolute Gasteiger partial charge is 0.278 e. The molecule has 1 aliphatic heterocycles. The number of hydrogen-bond acceptors (Lipinski definition) is 6. The summed E-state index contributed by atoms with van der Waals surface area (Å²) in [6.45, 7) is 4.00. The maximum atomic E-state index is 14.3. The van der Waals surface area contributed by atoms with Crippen molar-refractivity contribution in [1.82, 2.24) is 19.7 Å². The number of benzene rings is 1. The molecule has 3 heterocycles. The number of para-hydroxylation sites is 1. The lowest BCUT2D eigenvalue weighted by atomic mass is 10.2. The minimum absolute atomic E-state index is 0.296. The fraction of sp³-hybridized carbons (Fsp3) is 0.381. The van der Waals surface area contributed by atoms with E-state index in [2.05, 4.69) is 20.3 Å². The largest absolute Gasteiger partial charge is 0.379 e. The Morgan fingerprint density at radius 1 is 1.23 bits per heavy atom. The molecule has 0 atom stereocenters. The molecule has 1 aromatic carbocycles. The van der Waals surface area contributed by atoms with E-state index in [1.807, 2.05) is 5.38 Å². The molecule has 0 spiro atoms. The van der Waals surface area contributed by atoms with Crippen LogP contribution in [0.4, 0.5) is 9.52 Å². The van der Waals surface area contributed by atoms with E-state index in [1.165, 1.54) is 17.4 Å². The van der Waals surface area contributed by atoms with E-state index < -0.39 is 0 Å². The van der Waals surface area contributed by atoms with Gasteiger partial charge in [0.15, 0.2) is 10.8 Å². The molecule has 9 heteroatoms. The molecule has 2 aromatic heterocycles. The summed E-state index contributed by atoms with van der Waals surface area (Å²) in [7, 11) is 0. The van der Waals surface area contributed by atoms with Crippen LogP contribution in [-0.4, -0.2) is 51.9 Å². The number of amides is 1. The Bertz CT molecular complexity index is 1070. The van der Waals surface area contributed by atoms with Gasteiger partial charge in [0.1, 0.15) is 11.5 Å². The molecule has 1 aliphatic carbocycles. The number of morpholine rings is 1. The average molecular weight is 428 g/mol. The number of rotatable bonds is 5. The Balaban J connectivity index is 1.35. The summed E-state index contributed by atoms with van der Waals surface area (Å²) in [5, 5.41) is 9.88. The maximum absolute atomic E-state index is 14.3. The minimum atomic E-state index is -0.352. The van der Waals surface area contributed by atoms with Gasteiger partial charge in [-0.05, 0) is 31.4 Å². The maximum Gasteiger partial charge on any atom is 0.278 e. The van der Waals surface area contributed by atoms with Gasteiger partial charge in [-0.1, -0.05) is 12.1 Å². The van der Waals surface area contributed by atoms with E-state index in [0.717, 1.165) is 69.1 Å². The molecular weight excluding hydrogens is 405 g/mol. The lowest BCUT2D eigenvalue weighted by molar-refractivity contribution is 0.0337. The van der Waals surface area contributed by atoms with Crippen molar-refractivity contribution in [3.63, 3.8) is 0 Å². The molecule has 7 nitrogen and oxygen atoms in total. The molecule has 0 bridgehead atoms. The Kier molecular flexibility index (Phi) is 5.32. The summed E-state index contributed by atoms with van der Waals surface area (Å²) >= 11 is 1.40. The van der Waals surface area contributed by atoms with Crippen LogP contribution < -0.4 is 5.32 Å². The Morgan fingerprint density at radius 3 is 2.90 bits per heavy atom. The lowest BCUT2D eigenvalue weighted by Gasteiger charge is -2.25. The second kappa shape index (κ2) is 8.25. The molecule has 1 saturated heterocycles. The number of nitrogens with one attached hydrogen (secondary N) is 1. The van der Waals surface area contributed by atoms with Crippen LogP contribution in [0, 0.1) is 5.82 Å². The molecule has 30 heavy (non-hydrogen) atoms. The second-order valence-corrected chi connectivity index (χ2v) is 8.34. The number of carbonyl (C=O) groups excluding carboxylic acids is 1. The summed E-state index contributed by atoms with van der Waals surface area (Å²) in [4.78, 5) is 19.8. The summed E-state index contributed by atoms with van der Waals surface area (Å²) in [6.07, 6.45) is 2.49. The average Bonchev–Trinajstić information content (AvgIpc) is 3.46. The number of nitrogens with zero attached hydrogens (tertiary/aromatic N) is 4. The highest BCUT2D eigenvalue weighted by molar-refractivity contribution is 7.13. The third kappa shape index (κ3) is 3.76. The van der Waals surface area contributed by atoms with E-state index in [-0.39, 0.29) is 11.7 Å². The number of anilines is 1.